The molecule has 5 nitrogen and oxygen atoms in total. The molecule has 0 saturated carbocycles. The highest BCUT2D eigenvalue weighted by Crippen LogP contribution is 2.40. The van der Waals surface area contributed by atoms with Crippen LogP contribution in [0.25, 0.3) is 10.2 Å². The molecule has 1 aliphatic carbocycles. The quantitative estimate of drug-likeness (QED) is 0.552. The lowest BCUT2D eigenvalue weighted by Gasteiger charge is -2.24. The van der Waals surface area contributed by atoms with Crippen LogP contribution < -0.4 is 10.6 Å². The third-order valence-corrected chi connectivity index (χ3v) is 7.84. The molecule has 2 aliphatic rings. The van der Waals surface area contributed by atoms with Gasteiger partial charge in [-0.3, -0.25) is 4.79 Å². The average Bonchev–Trinajstić information content (AvgIpc) is 3.30. The van der Waals surface area contributed by atoms with Gasteiger partial charge in [0, 0.05) is 33.8 Å². The number of carbonyl (C=O) groups excluding carboxylic acids is 1. The molecule has 8 heteroatoms. The monoisotopic (exact) mass is 444 g/mol. The van der Waals surface area contributed by atoms with Crippen molar-refractivity contribution in [2.24, 2.45) is 0 Å². The molecule has 1 amide bonds. The van der Waals surface area contributed by atoms with Gasteiger partial charge in [0.2, 0.25) is 5.91 Å². The number of aryl methyl sites for hydroxylation is 2. The van der Waals surface area contributed by atoms with Crippen molar-refractivity contribution in [2.75, 3.05) is 11.9 Å². The van der Waals surface area contributed by atoms with Gasteiger partial charge in [-0.25, -0.2) is 9.97 Å². The van der Waals surface area contributed by atoms with E-state index in [1.54, 1.807) is 11.8 Å². The van der Waals surface area contributed by atoms with E-state index in [9.17, 15) is 4.79 Å². The second-order valence-corrected chi connectivity index (χ2v) is 10.0. The first-order chi connectivity index (χ1) is 14.2. The number of carbonyl (C=O) groups is 1. The maximum atomic E-state index is 11.5. The molecule has 5 rings (SSSR count). The highest BCUT2D eigenvalue weighted by atomic mass is 35.5. The van der Waals surface area contributed by atoms with Crippen LogP contribution >= 0.6 is 34.7 Å². The Morgan fingerprint density at radius 1 is 1.21 bits per heavy atom. The lowest BCUT2D eigenvalue weighted by atomic mass is 10.1. The predicted octanol–water partition coefficient (Wildman–Crippen LogP) is 4.82. The van der Waals surface area contributed by atoms with Gasteiger partial charge in [-0.05, 0) is 55.5 Å². The van der Waals surface area contributed by atoms with Crippen molar-refractivity contribution in [3.05, 3.63) is 45.6 Å². The zero-order valence-corrected chi connectivity index (χ0v) is 18.2. The Morgan fingerprint density at radius 3 is 2.86 bits per heavy atom. The molecule has 0 radical (unpaired) electrons. The molecule has 0 spiro atoms. The van der Waals surface area contributed by atoms with E-state index in [2.05, 4.69) is 10.6 Å². The van der Waals surface area contributed by atoms with E-state index in [-0.39, 0.29) is 11.9 Å². The van der Waals surface area contributed by atoms with E-state index in [4.69, 9.17) is 21.6 Å². The van der Waals surface area contributed by atoms with Crippen LogP contribution in [-0.2, 0) is 23.4 Å². The van der Waals surface area contributed by atoms with Gasteiger partial charge in [0.15, 0.2) is 0 Å². The topological polar surface area (TPSA) is 66.9 Å². The summed E-state index contributed by atoms with van der Waals surface area (Å²) in [6.45, 7) is 0.644. The summed E-state index contributed by atoms with van der Waals surface area (Å²) in [5.74, 6) is 2.60. The normalized spacial score (nSPS) is 18.7. The van der Waals surface area contributed by atoms with Crippen LogP contribution in [0.4, 0.5) is 5.82 Å². The highest BCUT2D eigenvalue weighted by Gasteiger charge is 2.25. The zero-order chi connectivity index (χ0) is 19.8. The Hall–Kier alpha value is -1.83. The molecule has 150 valence electrons. The number of aromatic nitrogens is 2. The number of fused-ring (bicyclic) bond motifs is 3. The van der Waals surface area contributed by atoms with E-state index in [0.29, 0.717) is 18.7 Å². The van der Waals surface area contributed by atoms with Crippen LogP contribution in [-0.4, -0.2) is 28.5 Å². The lowest BCUT2D eigenvalue weighted by molar-refractivity contribution is -0.122. The summed E-state index contributed by atoms with van der Waals surface area (Å²) in [6.07, 6.45) is 4.85. The maximum Gasteiger partial charge on any atom is 0.220 e. The molecule has 29 heavy (non-hydrogen) atoms. The van der Waals surface area contributed by atoms with Crippen molar-refractivity contribution in [1.82, 2.24) is 15.3 Å². The molecule has 2 aromatic heterocycles. The number of piperidine rings is 1. The van der Waals surface area contributed by atoms with E-state index in [1.807, 2.05) is 35.6 Å². The second-order valence-electron chi connectivity index (χ2n) is 7.45. The lowest BCUT2D eigenvalue weighted by Crippen LogP contribution is -2.42. The Morgan fingerprint density at radius 2 is 2.07 bits per heavy atom. The van der Waals surface area contributed by atoms with Crippen LogP contribution in [0.3, 0.4) is 0 Å². The maximum absolute atomic E-state index is 11.5. The van der Waals surface area contributed by atoms with Gasteiger partial charge in [0.1, 0.15) is 16.5 Å². The standard InChI is InChI=1S/C21H21ClN4OS2/c22-12-4-7-14(8-5-12)28-11-17-25-20(24-13-6-9-18(27)23-10-13)19-15-2-1-3-16(15)29-21(19)26-17/h4-5,7-8,13H,1-3,6,9-11H2,(H,23,27)(H,24,25,26)/t13-/m0/s1. The number of hydrogen-bond donors (Lipinski definition) is 2. The van der Waals surface area contributed by atoms with Crippen LogP contribution in [0.15, 0.2) is 29.2 Å². The molecular formula is C21H21ClN4OS2. The molecule has 2 N–H and O–H groups in total. The van der Waals surface area contributed by atoms with Crippen LogP contribution in [0.2, 0.25) is 5.02 Å². The molecule has 1 aliphatic heterocycles. The van der Waals surface area contributed by atoms with Gasteiger partial charge in [-0.1, -0.05) is 11.6 Å². The summed E-state index contributed by atoms with van der Waals surface area (Å²) < 4.78 is 0. The summed E-state index contributed by atoms with van der Waals surface area (Å²) in [6, 6.07) is 8.06. The largest absolute Gasteiger partial charge is 0.365 e. The number of nitrogens with zero attached hydrogens (tertiary/aromatic N) is 2. The minimum absolute atomic E-state index is 0.132. The molecule has 3 aromatic rings. The molecular weight excluding hydrogens is 424 g/mol. The first-order valence-corrected chi connectivity index (χ1v) is 12.1. The fourth-order valence-corrected chi connectivity index (χ4v) is 6.10. The van der Waals surface area contributed by atoms with Gasteiger partial charge >= 0.3 is 0 Å². The van der Waals surface area contributed by atoms with Crippen LogP contribution in [0.1, 0.15) is 35.5 Å². The number of rotatable bonds is 5. The van der Waals surface area contributed by atoms with Crippen molar-refractivity contribution in [3.63, 3.8) is 0 Å². The van der Waals surface area contributed by atoms with Gasteiger partial charge in [-0.2, -0.15) is 0 Å². The van der Waals surface area contributed by atoms with Crippen LogP contribution in [0, 0.1) is 0 Å². The highest BCUT2D eigenvalue weighted by molar-refractivity contribution is 7.98. The molecule has 1 aromatic carbocycles. The number of halogens is 1. The smallest absolute Gasteiger partial charge is 0.220 e. The summed E-state index contributed by atoms with van der Waals surface area (Å²) in [4.78, 5) is 25.0. The van der Waals surface area contributed by atoms with Gasteiger partial charge < -0.3 is 10.6 Å². The fraction of sp³-hybridized carbons (Fsp3) is 0.381. The van der Waals surface area contributed by atoms with Crippen LogP contribution in [0.5, 0.6) is 0 Å². The van der Waals surface area contributed by atoms with Crippen molar-refractivity contribution in [2.45, 2.75) is 48.8 Å². The number of thioether (sulfide) groups is 1. The number of benzene rings is 1. The summed E-state index contributed by atoms with van der Waals surface area (Å²) in [5.41, 5.74) is 1.42. The minimum atomic E-state index is 0.132. The number of anilines is 1. The third-order valence-electron chi connectivity index (χ3n) is 5.40. The molecule has 0 unspecified atom stereocenters. The first-order valence-electron chi connectivity index (χ1n) is 9.88. The number of nitrogens with one attached hydrogen (secondary N) is 2. The SMILES string of the molecule is O=C1CC[C@H](Nc2nc(CSc3ccc(Cl)cc3)nc3sc4c(c23)CCC4)CN1. The predicted molar refractivity (Wildman–Crippen MR) is 120 cm³/mol. The second kappa shape index (κ2) is 8.13. The molecule has 3 heterocycles. The van der Waals surface area contributed by atoms with Gasteiger partial charge in [-0.15, -0.1) is 23.1 Å². The molecule has 1 saturated heterocycles. The zero-order valence-electron chi connectivity index (χ0n) is 15.8. The molecule has 1 atom stereocenters. The number of hydrogen-bond acceptors (Lipinski definition) is 6. The Bertz CT molecular complexity index is 1060. The fourth-order valence-electron chi connectivity index (χ4n) is 3.94. The summed E-state index contributed by atoms with van der Waals surface area (Å²) in [5, 5.41) is 8.51. The van der Waals surface area contributed by atoms with E-state index >= 15 is 0 Å². The average molecular weight is 445 g/mol. The van der Waals surface area contributed by atoms with E-state index in [1.165, 1.54) is 22.2 Å². The summed E-state index contributed by atoms with van der Waals surface area (Å²) >= 11 is 9.51. The summed E-state index contributed by atoms with van der Waals surface area (Å²) in [7, 11) is 0. The third kappa shape index (κ3) is 4.09. The number of thiophene rings is 1. The molecule has 1 fully saturated rings. The Labute approximate surface area is 182 Å². The minimum Gasteiger partial charge on any atom is -0.365 e. The molecule has 0 bridgehead atoms. The number of amides is 1. The Kier molecular flexibility index (Phi) is 5.37. The van der Waals surface area contributed by atoms with Crippen molar-refractivity contribution >= 4 is 56.6 Å². The van der Waals surface area contributed by atoms with Crippen molar-refractivity contribution < 1.29 is 4.79 Å². The first kappa shape index (κ1) is 19.2. The van der Waals surface area contributed by atoms with E-state index < -0.39 is 0 Å². The van der Waals surface area contributed by atoms with E-state index in [0.717, 1.165) is 45.7 Å². The van der Waals surface area contributed by atoms with Gasteiger partial charge in [0.05, 0.1) is 11.1 Å². The van der Waals surface area contributed by atoms with Gasteiger partial charge in [0.25, 0.3) is 0 Å². The Balaban J connectivity index is 1.44. The van der Waals surface area contributed by atoms with Crippen molar-refractivity contribution in [1.29, 1.82) is 0 Å². The van der Waals surface area contributed by atoms with Crippen molar-refractivity contribution in [3.8, 4) is 0 Å².